The third-order valence-electron chi connectivity index (χ3n) is 2.17. The maximum Gasteiger partial charge on any atom is 0.170 e. The summed E-state index contributed by atoms with van der Waals surface area (Å²) in [5, 5.41) is 0. The second-order valence-electron chi connectivity index (χ2n) is 3.19. The van der Waals surface area contributed by atoms with Crippen LogP contribution in [0.4, 0.5) is 0 Å². The molecule has 0 spiro atoms. The molecule has 62 valence electrons. The van der Waals surface area contributed by atoms with Gasteiger partial charge in [0.25, 0.3) is 0 Å². The Morgan fingerprint density at radius 1 is 1.33 bits per heavy atom. The number of nitrogens with zero attached hydrogens (tertiary/aromatic N) is 1. The molecule has 2 heteroatoms. The minimum absolute atomic E-state index is 0.165. The fourth-order valence-electron chi connectivity index (χ4n) is 1.35. The van der Waals surface area contributed by atoms with Crippen molar-refractivity contribution in [3.8, 4) is 0 Å². The highest BCUT2D eigenvalue weighted by atomic mass is 16.5. The molecule has 1 unspecified atom stereocenters. The van der Waals surface area contributed by atoms with E-state index in [-0.39, 0.29) is 5.54 Å². The van der Waals surface area contributed by atoms with Gasteiger partial charge in [-0.25, -0.2) is 4.99 Å². The van der Waals surface area contributed by atoms with Crippen LogP contribution < -0.4 is 0 Å². The summed E-state index contributed by atoms with van der Waals surface area (Å²) in [6.45, 7) is 2.73. The van der Waals surface area contributed by atoms with Crippen molar-refractivity contribution in [1.82, 2.24) is 0 Å². The Morgan fingerprint density at radius 2 is 2.08 bits per heavy atom. The van der Waals surface area contributed by atoms with Gasteiger partial charge >= 0.3 is 0 Å². The Labute approximate surface area is 71.9 Å². The first-order valence-electron chi connectivity index (χ1n) is 4.02. The lowest BCUT2D eigenvalue weighted by Gasteiger charge is -2.18. The van der Waals surface area contributed by atoms with E-state index in [0.717, 1.165) is 0 Å². The predicted molar refractivity (Wildman–Crippen MR) is 48.2 cm³/mol. The van der Waals surface area contributed by atoms with Gasteiger partial charge in [0.1, 0.15) is 12.1 Å². The normalized spacial score (nSPS) is 27.1. The average molecular weight is 161 g/mol. The van der Waals surface area contributed by atoms with Crippen LogP contribution in [0.1, 0.15) is 12.5 Å². The van der Waals surface area contributed by atoms with Crippen LogP contribution in [-0.2, 0) is 10.3 Å². The molecule has 0 saturated heterocycles. The molecule has 1 heterocycles. The summed E-state index contributed by atoms with van der Waals surface area (Å²) < 4.78 is 5.12. The molecule has 0 radical (unpaired) electrons. The molecule has 0 aromatic heterocycles. The first-order valence-corrected chi connectivity index (χ1v) is 4.02. The van der Waals surface area contributed by atoms with Gasteiger partial charge in [0, 0.05) is 0 Å². The van der Waals surface area contributed by atoms with Gasteiger partial charge in [-0.05, 0) is 12.5 Å². The molecule has 0 N–H and O–H groups in total. The molecule has 0 bridgehead atoms. The van der Waals surface area contributed by atoms with Crippen molar-refractivity contribution in [2.45, 2.75) is 12.5 Å². The van der Waals surface area contributed by atoms with E-state index in [1.54, 1.807) is 0 Å². The summed E-state index contributed by atoms with van der Waals surface area (Å²) in [6.07, 6.45) is 1.53. The predicted octanol–water partition coefficient (Wildman–Crippen LogP) is 1.96. The third-order valence-corrected chi connectivity index (χ3v) is 2.17. The number of hydrogen-bond donors (Lipinski definition) is 0. The van der Waals surface area contributed by atoms with E-state index in [1.165, 1.54) is 12.0 Å². The second-order valence-corrected chi connectivity index (χ2v) is 3.19. The summed E-state index contributed by atoms with van der Waals surface area (Å²) in [5.74, 6) is 0. The zero-order valence-corrected chi connectivity index (χ0v) is 7.03. The lowest BCUT2D eigenvalue weighted by Crippen LogP contribution is -2.20. The maximum atomic E-state index is 5.12. The third kappa shape index (κ3) is 1.09. The highest BCUT2D eigenvalue weighted by Gasteiger charge is 2.29. The Balaban J connectivity index is 2.36. The summed E-state index contributed by atoms with van der Waals surface area (Å²) in [7, 11) is 0. The maximum absolute atomic E-state index is 5.12. The van der Waals surface area contributed by atoms with Crippen molar-refractivity contribution in [1.29, 1.82) is 0 Å². The van der Waals surface area contributed by atoms with Gasteiger partial charge in [-0.1, -0.05) is 30.3 Å². The van der Waals surface area contributed by atoms with Crippen molar-refractivity contribution in [2.24, 2.45) is 4.99 Å². The van der Waals surface area contributed by atoms with Crippen LogP contribution in [0.3, 0.4) is 0 Å². The summed E-state index contributed by atoms with van der Waals surface area (Å²) in [4.78, 5) is 4.29. The molecule has 0 saturated carbocycles. The first-order chi connectivity index (χ1) is 5.81. The highest BCUT2D eigenvalue weighted by Crippen LogP contribution is 2.27. The van der Waals surface area contributed by atoms with Crippen LogP contribution >= 0.6 is 0 Å². The number of benzene rings is 1. The highest BCUT2D eigenvalue weighted by molar-refractivity contribution is 5.51. The molecule has 1 aliphatic heterocycles. The Bertz CT molecular complexity index is 294. The number of hydrogen-bond acceptors (Lipinski definition) is 2. The van der Waals surface area contributed by atoms with Gasteiger partial charge in [-0.15, -0.1) is 0 Å². The molecule has 2 rings (SSSR count). The van der Waals surface area contributed by atoms with Crippen LogP contribution in [0.2, 0.25) is 0 Å². The topological polar surface area (TPSA) is 21.6 Å². The number of aliphatic imine (C=N–C) groups is 1. The van der Waals surface area contributed by atoms with E-state index in [9.17, 15) is 0 Å². The number of rotatable bonds is 1. The molecule has 0 fully saturated rings. The molecular weight excluding hydrogens is 150 g/mol. The molecule has 1 aromatic rings. The largest absolute Gasteiger partial charge is 0.481 e. The molecule has 1 atom stereocenters. The van der Waals surface area contributed by atoms with Crippen molar-refractivity contribution < 1.29 is 4.74 Å². The summed E-state index contributed by atoms with van der Waals surface area (Å²) >= 11 is 0. The van der Waals surface area contributed by atoms with Crippen molar-refractivity contribution in [3.63, 3.8) is 0 Å². The van der Waals surface area contributed by atoms with Crippen LogP contribution in [0.15, 0.2) is 35.3 Å². The van der Waals surface area contributed by atoms with E-state index in [1.807, 2.05) is 18.2 Å². The minimum Gasteiger partial charge on any atom is -0.481 e. The zero-order chi connectivity index (χ0) is 8.44. The molecular formula is C10H11NO. The first kappa shape index (κ1) is 7.35. The van der Waals surface area contributed by atoms with Gasteiger partial charge in [-0.2, -0.15) is 0 Å². The van der Waals surface area contributed by atoms with E-state index < -0.39 is 0 Å². The van der Waals surface area contributed by atoms with Crippen molar-refractivity contribution in [3.05, 3.63) is 35.9 Å². The molecule has 2 nitrogen and oxygen atoms in total. The van der Waals surface area contributed by atoms with Crippen molar-refractivity contribution in [2.75, 3.05) is 6.61 Å². The summed E-state index contributed by atoms with van der Waals surface area (Å²) in [6, 6.07) is 10.2. The number of ether oxygens (including phenoxy) is 1. The van der Waals surface area contributed by atoms with Gasteiger partial charge < -0.3 is 4.74 Å². The Hall–Kier alpha value is -1.31. The lowest BCUT2D eigenvalue weighted by molar-refractivity contribution is 0.276. The van der Waals surface area contributed by atoms with E-state index in [2.05, 4.69) is 24.0 Å². The smallest absolute Gasteiger partial charge is 0.170 e. The molecule has 12 heavy (non-hydrogen) atoms. The van der Waals surface area contributed by atoms with E-state index in [0.29, 0.717) is 6.61 Å². The van der Waals surface area contributed by atoms with Crippen LogP contribution in [-0.4, -0.2) is 13.0 Å². The Kier molecular flexibility index (Phi) is 1.61. The minimum atomic E-state index is -0.165. The zero-order valence-electron chi connectivity index (χ0n) is 7.03. The van der Waals surface area contributed by atoms with Crippen LogP contribution in [0, 0.1) is 0 Å². The monoisotopic (exact) mass is 161 g/mol. The molecule has 1 aliphatic rings. The summed E-state index contributed by atoms with van der Waals surface area (Å²) in [5.41, 5.74) is 1.04. The lowest BCUT2D eigenvalue weighted by atomic mass is 9.94. The van der Waals surface area contributed by atoms with Crippen LogP contribution in [0.25, 0.3) is 0 Å². The van der Waals surface area contributed by atoms with Crippen molar-refractivity contribution >= 4 is 6.40 Å². The van der Waals surface area contributed by atoms with Gasteiger partial charge in [-0.3, -0.25) is 0 Å². The van der Waals surface area contributed by atoms with Gasteiger partial charge in [0.2, 0.25) is 0 Å². The van der Waals surface area contributed by atoms with E-state index in [4.69, 9.17) is 4.74 Å². The Morgan fingerprint density at radius 3 is 2.67 bits per heavy atom. The fourth-order valence-corrected chi connectivity index (χ4v) is 1.35. The second kappa shape index (κ2) is 2.63. The molecule has 0 aliphatic carbocycles. The SMILES string of the molecule is CC1(c2ccccc2)COC=N1. The molecule has 1 aromatic carbocycles. The van der Waals surface area contributed by atoms with E-state index >= 15 is 0 Å². The quantitative estimate of drug-likeness (QED) is 0.617. The van der Waals surface area contributed by atoms with Crippen LogP contribution in [0.5, 0.6) is 0 Å². The standard InChI is InChI=1S/C10H11NO/c1-10(7-12-8-11-10)9-5-3-2-4-6-9/h2-6,8H,7H2,1H3. The molecule has 0 amide bonds. The fraction of sp³-hybridized carbons (Fsp3) is 0.300. The van der Waals surface area contributed by atoms with Gasteiger partial charge in [0.05, 0.1) is 0 Å². The van der Waals surface area contributed by atoms with Gasteiger partial charge in [0.15, 0.2) is 6.40 Å². The average Bonchev–Trinajstić information content (AvgIpc) is 2.55.